The van der Waals surface area contributed by atoms with Crippen molar-refractivity contribution in [2.75, 3.05) is 6.26 Å². The van der Waals surface area contributed by atoms with Gasteiger partial charge in [-0.1, -0.05) is 12.1 Å². The summed E-state index contributed by atoms with van der Waals surface area (Å²) in [7, 11) is -3.14. The topological polar surface area (TPSA) is 96.6 Å². The third kappa shape index (κ3) is 4.22. The van der Waals surface area contributed by atoms with Crippen LogP contribution in [-0.2, 0) is 16.4 Å². The quantitative estimate of drug-likeness (QED) is 0.316. The monoisotopic (exact) mass is 282 g/mol. The van der Waals surface area contributed by atoms with Crippen molar-refractivity contribution in [3.8, 4) is 0 Å². The summed E-state index contributed by atoms with van der Waals surface area (Å²) in [6.07, 6.45) is 3.48. The fraction of sp³-hybridized carbons (Fsp3) is 0.417. The average molecular weight is 282 g/mol. The number of hydrogen-bond donors (Lipinski definition) is 3. The van der Waals surface area contributed by atoms with Crippen molar-refractivity contribution in [1.29, 1.82) is 0 Å². The Balaban J connectivity index is 2.00. The van der Waals surface area contributed by atoms with E-state index in [-0.39, 0.29) is 0 Å². The molecule has 0 aliphatic heterocycles. The van der Waals surface area contributed by atoms with E-state index in [1.54, 1.807) is 24.3 Å². The van der Waals surface area contributed by atoms with E-state index in [2.05, 4.69) is 15.7 Å². The van der Waals surface area contributed by atoms with E-state index in [1.807, 2.05) is 0 Å². The maximum absolute atomic E-state index is 11.3. The number of rotatable bonds is 4. The number of nitrogens with two attached hydrogens (primary N) is 1. The molecule has 0 saturated heterocycles. The minimum Gasteiger partial charge on any atom is -0.353 e. The zero-order valence-electron chi connectivity index (χ0n) is 10.8. The van der Waals surface area contributed by atoms with Gasteiger partial charge in [0, 0.05) is 12.3 Å². The first-order valence-corrected chi connectivity index (χ1v) is 7.95. The number of hydrazine groups is 1. The molecule has 0 aromatic heterocycles. The standard InChI is InChI=1S/C12H18N4O2S/c1-19(17,18)11-6-2-9(3-7-11)8-14-12(16-13)15-10-4-5-10/h2-3,6-7,10H,4-5,8,13H2,1H3,(H2,14,15,16). The Kier molecular flexibility index (Phi) is 4.06. The van der Waals surface area contributed by atoms with Crippen LogP contribution in [0.5, 0.6) is 0 Å². The van der Waals surface area contributed by atoms with Crippen LogP contribution in [0.25, 0.3) is 0 Å². The smallest absolute Gasteiger partial charge is 0.206 e. The summed E-state index contributed by atoms with van der Waals surface area (Å²) >= 11 is 0. The van der Waals surface area contributed by atoms with Crippen LogP contribution in [0.1, 0.15) is 18.4 Å². The summed E-state index contributed by atoms with van der Waals surface area (Å²) in [4.78, 5) is 4.62. The highest BCUT2D eigenvalue weighted by Crippen LogP contribution is 2.18. The van der Waals surface area contributed by atoms with Crippen LogP contribution in [0.4, 0.5) is 0 Å². The largest absolute Gasteiger partial charge is 0.353 e. The predicted octanol–water partition coefficient (Wildman–Crippen LogP) is 0.161. The molecule has 1 aromatic carbocycles. The molecule has 0 bridgehead atoms. The van der Waals surface area contributed by atoms with E-state index in [1.165, 1.54) is 6.26 Å². The van der Waals surface area contributed by atoms with E-state index < -0.39 is 9.84 Å². The molecule has 1 aromatic rings. The zero-order valence-corrected chi connectivity index (χ0v) is 11.6. The third-order valence-electron chi connectivity index (χ3n) is 2.83. The molecule has 0 unspecified atom stereocenters. The van der Waals surface area contributed by atoms with E-state index in [0.29, 0.717) is 23.4 Å². The number of guanidine groups is 1. The van der Waals surface area contributed by atoms with Crippen LogP contribution in [0.2, 0.25) is 0 Å². The molecular formula is C12H18N4O2S. The van der Waals surface area contributed by atoms with Gasteiger partial charge in [-0.25, -0.2) is 19.3 Å². The lowest BCUT2D eigenvalue weighted by Crippen LogP contribution is -2.42. The van der Waals surface area contributed by atoms with Gasteiger partial charge < -0.3 is 5.32 Å². The average Bonchev–Trinajstić information content (AvgIpc) is 3.18. The molecule has 1 saturated carbocycles. The van der Waals surface area contributed by atoms with Gasteiger partial charge in [0.15, 0.2) is 9.84 Å². The Labute approximate surface area is 113 Å². The lowest BCUT2D eigenvalue weighted by Gasteiger charge is -2.07. The summed E-state index contributed by atoms with van der Waals surface area (Å²) < 4.78 is 22.6. The number of benzene rings is 1. The summed E-state index contributed by atoms with van der Waals surface area (Å²) in [5.41, 5.74) is 3.45. The molecule has 0 atom stereocenters. The molecule has 1 fully saturated rings. The lowest BCUT2D eigenvalue weighted by atomic mass is 10.2. The van der Waals surface area contributed by atoms with E-state index in [0.717, 1.165) is 18.4 Å². The summed E-state index contributed by atoms with van der Waals surface area (Å²) in [5, 5.41) is 3.16. The Hall–Kier alpha value is -1.60. The van der Waals surface area contributed by atoms with Gasteiger partial charge in [-0.3, -0.25) is 5.43 Å². The molecule has 0 amide bonds. The molecule has 19 heavy (non-hydrogen) atoms. The molecule has 0 spiro atoms. The van der Waals surface area contributed by atoms with Crippen molar-refractivity contribution in [3.05, 3.63) is 29.8 Å². The van der Waals surface area contributed by atoms with Gasteiger partial charge in [0.25, 0.3) is 0 Å². The molecule has 4 N–H and O–H groups in total. The van der Waals surface area contributed by atoms with E-state index >= 15 is 0 Å². The first kappa shape index (κ1) is 13.8. The molecule has 1 aliphatic rings. The van der Waals surface area contributed by atoms with Gasteiger partial charge in [-0.15, -0.1) is 0 Å². The highest BCUT2D eigenvalue weighted by Gasteiger charge is 2.21. The molecule has 1 aliphatic carbocycles. The SMILES string of the molecule is CS(=O)(=O)c1ccc(CN=C(NN)NC2CC2)cc1. The van der Waals surface area contributed by atoms with Crippen molar-refractivity contribution in [2.24, 2.45) is 10.8 Å². The molecule has 0 radical (unpaired) electrons. The highest BCUT2D eigenvalue weighted by atomic mass is 32.2. The Morgan fingerprint density at radius 3 is 2.47 bits per heavy atom. The van der Waals surface area contributed by atoms with E-state index in [4.69, 9.17) is 5.84 Å². The Bertz CT molecular complexity index is 562. The van der Waals surface area contributed by atoms with Gasteiger partial charge in [0.2, 0.25) is 5.96 Å². The molecule has 6 nitrogen and oxygen atoms in total. The Morgan fingerprint density at radius 1 is 1.37 bits per heavy atom. The number of sulfone groups is 1. The van der Waals surface area contributed by atoms with E-state index in [9.17, 15) is 8.42 Å². The van der Waals surface area contributed by atoms with Gasteiger partial charge in [-0.2, -0.15) is 0 Å². The van der Waals surface area contributed by atoms with Crippen LogP contribution in [0.15, 0.2) is 34.2 Å². The van der Waals surface area contributed by atoms with Gasteiger partial charge >= 0.3 is 0 Å². The van der Waals surface area contributed by atoms with Crippen LogP contribution < -0.4 is 16.6 Å². The fourth-order valence-electron chi connectivity index (χ4n) is 1.57. The highest BCUT2D eigenvalue weighted by molar-refractivity contribution is 7.90. The summed E-state index contributed by atoms with van der Waals surface area (Å²) in [5.74, 6) is 5.94. The molecule has 2 rings (SSSR count). The van der Waals surface area contributed by atoms with Crippen LogP contribution >= 0.6 is 0 Å². The van der Waals surface area contributed by atoms with Crippen molar-refractivity contribution >= 4 is 15.8 Å². The number of nitrogens with one attached hydrogen (secondary N) is 2. The van der Waals surface area contributed by atoms with Gasteiger partial charge in [-0.05, 0) is 30.5 Å². The van der Waals surface area contributed by atoms with Crippen molar-refractivity contribution < 1.29 is 8.42 Å². The maximum Gasteiger partial charge on any atom is 0.206 e. The van der Waals surface area contributed by atoms with Crippen molar-refractivity contribution in [1.82, 2.24) is 10.7 Å². The first-order chi connectivity index (χ1) is 8.99. The van der Waals surface area contributed by atoms with Crippen molar-refractivity contribution in [3.63, 3.8) is 0 Å². The first-order valence-electron chi connectivity index (χ1n) is 6.05. The molecule has 7 heteroatoms. The summed E-state index contributed by atoms with van der Waals surface area (Å²) in [6.45, 7) is 0.448. The number of nitrogens with zero attached hydrogens (tertiary/aromatic N) is 1. The minimum atomic E-state index is -3.14. The van der Waals surface area contributed by atoms with Gasteiger partial charge in [0.1, 0.15) is 0 Å². The second kappa shape index (κ2) is 5.58. The van der Waals surface area contributed by atoms with Crippen molar-refractivity contribution in [2.45, 2.75) is 30.3 Å². The fourth-order valence-corrected chi connectivity index (χ4v) is 2.20. The van der Waals surface area contributed by atoms with Crippen LogP contribution in [0.3, 0.4) is 0 Å². The zero-order chi connectivity index (χ0) is 13.9. The summed E-state index contributed by atoms with van der Waals surface area (Å²) in [6, 6.07) is 7.16. The minimum absolute atomic E-state index is 0.313. The number of aliphatic imine (C=N–C) groups is 1. The lowest BCUT2D eigenvalue weighted by molar-refractivity contribution is 0.602. The second-order valence-corrected chi connectivity index (χ2v) is 6.66. The van der Waals surface area contributed by atoms with Crippen LogP contribution in [0, 0.1) is 0 Å². The maximum atomic E-state index is 11.3. The Morgan fingerprint density at radius 2 is 2.00 bits per heavy atom. The third-order valence-corrected chi connectivity index (χ3v) is 3.95. The number of hydrogen-bond acceptors (Lipinski definition) is 4. The van der Waals surface area contributed by atoms with Gasteiger partial charge in [0.05, 0.1) is 11.4 Å². The predicted molar refractivity (Wildman–Crippen MR) is 74.2 cm³/mol. The normalized spacial score (nSPS) is 16.2. The second-order valence-electron chi connectivity index (χ2n) is 4.64. The molecule has 0 heterocycles. The molecular weight excluding hydrogens is 264 g/mol. The van der Waals surface area contributed by atoms with Crippen LogP contribution in [-0.4, -0.2) is 26.7 Å². The molecule has 104 valence electrons.